The van der Waals surface area contributed by atoms with Crippen molar-refractivity contribution in [2.45, 2.75) is 24.6 Å². The van der Waals surface area contributed by atoms with Crippen molar-refractivity contribution in [3.63, 3.8) is 0 Å². The van der Waals surface area contributed by atoms with E-state index < -0.39 is 34.8 Å². The number of carbonyl (C=O) groups excluding carboxylic acids is 1. The molecule has 0 saturated carbocycles. The van der Waals surface area contributed by atoms with Crippen molar-refractivity contribution in [1.82, 2.24) is 4.57 Å². The first-order valence-corrected chi connectivity index (χ1v) is 10.4. The molecule has 6 nitrogen and oxygen atoms in total. The maximum absolute atomic E-state index is 14.1. The summed E-state index contributed by atoms with van der Waals surface area (Å²) in [7, 11) is 2.56. The lowest BCUT2D eigenvalue weighted by atomic mass is 9.78. The molecular formula is C24H21ClF3NO5. The summed E-state index contributed by atoms with van der Waals surface area (Å²) in [4.78, 5) is 23.2. The number of aryl methyl sites for hydroxylation is 1. The largest absolute Gasteiger partial charge is 0.465 e. The molecule has 0 saturated heterocycles. The highest BCUT2D eigenvalue weighted by Crippen LogP contribution is 2.49. The molecule has 2 aromatic carbocycles. The number of benzene rings is 2. The van der Waals surface area contributed by atoms with Crippen LogP contribution in [0.15, 0.2) is 65.6 Å². The summed E-state index contributed by atoms with van der Waals surface area (Å²) in [5, 5.41) is 10.9. The lowest BCUT2D eigenvalue weighted by Gasteiger charge is -2.37. The highest BCUT2D eigenvalue weighted by Gasteiger charge is 2.59. The zero-order valence-electron chi connectivity index (χ0n) is 18.4. The highest BCUT2D eigenvalue weighted by atomic mass is 35.5. The Balaban J connectivity index is 1.93. The van der Waals surface area contributed by atoms with Gasteiger partial charge in [0.2, 0.25) is 5.56 Å². The molecule has 0 aliphatic heterocycles. The van der Waals surface area contributed by atoms with Crippen LogP contribution in [0.25, 0.3) is 0 Å². The molecule has 34 heavy (non-hydrogen) atoms. The molecule has 0 aliphatic carbocycles. The molecule has 0 radical (unpaired) electrons. The van der Waals surface area contributed by atoms with Crippen LogP contribution in [-0.2, 0) is 17.4 Å². The van der Waals surface area contributed by atoms with Gasteiger partial charge in [-0.15, -0.1) is 0 Å². The molecular weight excluding hydrogens is 475 g/mol. The van der Waals surface area contributed by atoms with E-state index in [1.165, 1.54) is 63.5 Å². The molecule has 0 unspecified atom stereocenters. The Morgan fingerprint density at radius 2 is 1.68 bits per heavy atom. The maximum atomic E-state index is 14.1. The van der Waals surface area contributed by atoms with Crippen molar-refractivity contribution >= 4 is 17.6 Å². The molecule has 0 amide bonds. The number of carbonyl (C=O) groups is 1. The average Bonchev–Trinajstić information content (AvgIpc) is 2.79. The van der Waals surface area contributed by atoms with E-state index in [4.69, 9.17) is 16.3 Å². The number of ether oxygens (including phenoxy) is 2. The topological polar surface area (TPSA) is 77.8 Å². The Bertz CT molecular complexity index is 1260. The second-order valence-electron chi connectivity index (χ2n) is 7.65. The monoisotopic (exact) mass is 495 g/mol. The van der Waals surface area contributed by atoms with Crippen LogP contribution in [0.1, 0.15) is 34.3 Å². The summed E-state index contributed by atoms with van der Waals surface area (Å²) in [5.74, 6) is -1.43. The van der Waals surface area contributed by atoms with Gasteiger partial charge in [-0.05, 0) is 48.0 Å². The molecule has 1 aromatic heterocycles. The third-order valence-electron chi connectivity index (χ3n) is 5.53. The minimum absolute atomic E-state index is 0.0312. The Hall–Kier alpha value is -3.30. The van der Waals surface area contributed by atoms with Crippen LogP contribution >= 0.6 is 11.6 Å². The molecule has 1 N–H and O–H groups in total. The van der Waals surface area contributed by atoms with Crippen molar-refractivity contribution in [1.29, 1.82) is 0 Å². The third kappa shape index (κ3) is 4.80. The number of methoxy groups -OCH3 is 1. The fraction of sp³-hybridized carbons (Fsp3) is 0.250. The zero-order chi connectivity index (χ0) is 25.3. The van der Waals surface area contributed by atoms with Gasteiger partial charge in [0.1, 0.15) is 11.5 Å². The number of nitrogens with zero attached hydrogens (tertiary/aromatic N) is 1. The molecule has 10 heteroatoms. The molecule has 3 rings (SSSR count). The van der Waals surface area contributed by atoms with E-state index in [1.807, 2.05) is 0 Å². The molecule has 0 fully saturated rings. The average molecular weight is 496 g/mol. The van der Waals surface area contributed by atoms with Crippen molar-refractivity contribution in [3.8, 4) is 11.5 Å². The normalized spacial score (nSPS) is 14.2. The number of alkyl halides is 3. The van der Waals surface area contributed by atoms with Crippen LogP contribution in [0, 0.1) is 0 Å². The van der Waals surface area contributed by atoms with Crippen molar-refractivity contribution in [3.05, 3.63) is 92.9 Å². The lowest BCUT2D eigenvalue weighted by Crippen LogP contribution is -2.47. The van der Waals surface area contributed by atoms with Crippen LogP contribution < -0.4 is 10.3 Å². The molecule has 0 aliphatic rings. The van der Waals surface area contributed by atoms with Crippen molar-refractivity contribution < 1.29 is 32.5 Å². The minimum atomic E-state index is -5.07. The highest BCUT2D eigenvalue weighted by molar-refractivity contribution is 6.31. The number of aromatic nitrogens is 1. The van der Waals surface area contributed by atoms with Crippen molar-refractivity contribution in [2.75, 3.05) is 7.11 Å². The SMILES string of the molecule is COC(=O)c1ccc(Oc2ccc([C@@H](C)[C@@](O)(c3ccc(=O)n(C)c3)C(F)(F)F)c(Cl)c2)cc1. The molecule has 0 bridgehead atoms. The number of rotatable bonds is 6. The van der Waals surface area contributed by atoms with Crippen LogP contribution in [0.2, 0.25) is 5.02 Å². The predicted octanol–water partition coefficient (Wildman–Crippen LogP) is 5.17. The van der Waals surface area contributed by atoms with Crippen LogP contribution in [-0.4, -0.2) is 28.9 Å². The summed E-state index contributed by atoms with van der Waals surface area (Å²) in [6, 6.07) is 12.0. The van der Waals surface area contributed by atoms with Gasteiger partial charge in [-0.1, -0.05) is 24.6 Å². The van der Waals surface area contributed by atoms with E-state index in [9.17, 15) is 27.9 Å². The summed E-state index contributed by atoms with van der Waals surface area (Å²) in [6.45, 7) is 1.20. The second kappa shape index (κ2) is 9.52. The van der Waals surface area contributed by atoms with Gasteiger partial charge in [0.25, 0.3) is 0 Å². The summed E-state index contributed by atoms with van der Waals surface area (Å²) in [5.41, 5.74) is -3.96. The van der Waals surface area contributed by atoms with E-state index >= 15 is 0 Å². The summed E-state index contributed by atoms with van der Waals surface area (Å²) in [6.07, 6.45) is -4.11. The smallest absolute Gasteiger partial charge is 0.422 e. The minimum Gasteiger partial charge on any atom is -0.465 e. The van der Waals surface area contributed by atoms with Gasteiger partial charge < -0.3 is 19.1 Å². The van der Waals surface area contributed by atoms with Gasteiger partial charge in [0.05, 0.1) is 12.7 Å². The van der Waals surface area contributed by atoms with Gasteiger partial charge in [-0.2, -0.15) is 13.2 Å². The van der Waals surface area contributed by atoms with Crippen LogP contribution in [0.4, 0.5) is 13.2 Å². The van der Waals surface area contributed by atoms with Gasteiger partial charge in [0.15, 0.2) is 5.60 Å². The van der Waals surface area contributed by atoms with E-state index in [0.29, 0.717) is 11.3 Å². The molecule has 2 atom stereocenters. The fourth-order valence-corrected chi connectivity index (χ4v) is 3.87. The molecule has 180 valence electrons. The Morgan fingerprint density at radius 1 is 1.06 bits per heavy atom. The van der Waals surface area contributed by atoms with Crippen molar-refractivity contribution in [2.24, 2.45) is 7.05 Å². The fourth-order valence-electron chi connectivity index (χ4n) is 3.54. The third-order valence-corrected chi connectivity index (χ3v) is 5.86. The Labute approximate surface area is 198 Å². The lowest BCUT2D eigenvalue weighted by molar-refractivity contribution is -0.274. The quantitative estimate of drug-likeness (QED) is 0.477. The predicted molar refractivity (Wildman–Crippen MR) is 119 cm³/mol. The van der Waals surface area contributed by atoms with Crippen LogP contribution in [0.5, 0.6) is 11.5 Å². The van der Waals surface area contributed by atoms with E-state index in [0.717, 1.165) is 22.9 Å². The number of hydrogen-bond acceptors (Lipinski definition) is 5. The first-order valence-electron chi connectivity index (χ1n) is 10.0. The van der Waals surface area contributed by atoms with Gasteiger partial charge >= 0.3 is 12.1 Å². The van der Waals surface area contributed by atoms with E-state index in [-0.39, 0.29) is 16.3 Å². The van der Waals surface area contributed by atoms with Crippen LogP contribution in [0.3, 0.4) is 0 Å². The number of pyridine rings is 1. The zero-order valence-corrected chi connectivity index (χ0v) is 19.1. The number of aliphatic hydroxyl groups is 1. The Kier molecular flexibility index (Phi) is 7.09. The molecule has 3 aromatic rings. The van der Waals surface area contributed by atoms with Gasteiger partial charge in [-0.25, -0.2) is 4.79 Å². The van der Waals surface area contributed by atoms with Gasteiger partial charge in [-0.3, -0.25) is 4.79 Å². The number of halogens is 4. The summed E-state index contributed by atoms with van der Waals surface area (Å²) >= 11 is 6.30. The second-order valence-corrected chi connectivity index (χ2v) is 8.06. The summed E-state index contributed by atoms with van der Waals surface area (Å²) < 4.78 is 53.7. The standard InChI is InChI=1S/C24H21ClF3NO5/c1-14(23(32,24(26,27)28)16-6-11-21(30)29(2)13-16)19-10-9-18(12-20(19)25)34-17-7-4-15(5-8-17)22(31)33-3/h4-14,32H,1-3H3/t14-,23-/m1/s1. The Morgan fingerprint density at radius 3 is 2.21 bits per heavy atom. The van der Waals surface area contributed by atoms with E-state index in [1.54, 1.807) is 0 Å². The first kappa shape index (κ1) is 25.3. The number of esters is 1. The maximum Gasteiger partial charge on any atom is 0.422 e. The number of hydrogen-bond donors (Lipinski definition) is 1. The van der Waals surface area contributed by atoms with Gasteiger partial charge in [0, 0.05) is 35.8 Å². The first-order chi connectivity index (χ1) is 15.9. The molecule has 0 spiro atoms. The van der Waals surface area contributed by atoms with E-state index in [2.05, 4.69) is 4.74 Å². The molecule has 1 heterocycles.